The summed E-state index contributed by atoms with van der Waals surface area (Å²) in [5.74, 6) is 0.443. The van der Waals surface area contributed by atoms with Crippen molar-refractivity contribution in [3.05, 3.63) is 38.0 Å². The number of phenolic OH excluding ortho intramolecular Hbond substituents is 1. The fourth-order valence-electron chi connectivity index (χ4n) is 1.63. The van der Waals surface area contributed by atoms with Gasteiger partial charge in [-0.25, -0.2) is 0 Å². The van der Waals surface area contributed by atoms with Gasteiger partial charge in [0, 0.05) is 12.5 Å². The molecule has 19 heavy (non-hydrogen) atoms. The molecule has 1 N–H and O–H groups in total. The monoisotopic (exact) mass is 329 g/mol. The minimum atomic E-state index is -0.382. The lowest BCUT2D eigenvalue weighted by molar-refractivity contribution is -0.427. The molecule has 0 aromatic heterocycles. The normalized spacial score (nSPS) is 11.7. The maximum Gasteiger partial charge on any atom is 0.247 e. The van der Waals surface area contributed by atoms with Gasteiger partial charge in [-0.1, -0.05) is 13.8 Å². The number of aromatic hydroxyl groups is 1. The molecular formula is C13H16BrNO4. The van der Waals surface area contributed by atoms with Crippen molar-refractivity contribution in [2.75, 3.05) is 7.11 Å². The summed E-state index contributed by atoms with van der Waals surface area (Å²) in [4.78, 5) is 10.6. The molecule has 0 heterocycles. The highest BCUT2D eigenvalue weighted by Gasteiger charge is 2.15. The van der Waals surface area contributed by atoms with Crippen LogP contribution in [0.2, 0.25) is 0 Å². The van der Waals surface area contributed by atoms with Crippen LogP contribution in [0.5, 0.6) is 11.5 Å². The summed E-state index contributed by atoms with van der Waals surface area (Å²) in [5, 5.41) is 20.7. The van der Waals surface area contributed by atoms with Crippen molar-refractivity contribution in [1.82, 2.24) is 0 Å². The lowest BCUT2D eigenvalue weighted by atomic mass is 10.1. The van der Waals surface area contributed by atoms with Crippen molar-refractivity contribution >= 4 is 22.0 Å². The number of benzene rings is 1. The number of hydrogen-bond acceptors (Lipinski definition) is 4. The first kappa shape index (κ1) is 15.5. The number of ether oxygens (including phenoxy) is 1. The van der Waals surface area contributed by atoms with E-state index in [0.717, 1.165) is 0 Å². The highest BCUT2D eigenvalue weighted by molar-refractivity contribution is 9.10. The first-order chi connectivity index (χ1) is 8.85. The van der Waals surface area contributed by atoms with Crippen LogP contribution in [-0.2, 0) is 0 Å². The van der Waals surface area contributed by atoms with E-state index < -0.39 is 0 Å². The van der Waals surface area contributed by atoms with E-state index in [1.165, 1.54) is 13.2 Å². The number of halogens is 1. The molecule has 1 rings (SSSR count). The molecule has 6 heteroatoms. The highest BCUT2D eigenvalue weighted by atomic mass is 79.9. The first-order valence-electron chi connectivity index (χ1n) is 5.76. The Morgan fingerprint density at radius 1 is 1.58 bits per heavy atom. The molecule has 0 aliphatic rings. The van der Waals surface area contributed by atoms with Gasteiger partial charge in [-0.3, -0.25) is 10.1 Å². The standard InChI is InChI=1S/C13H16BrNO4/c1-8(2)4-10(15(17)18)5-9-6-11(14)13(16)12(7-9)19-3/h5-8,16H,4H2,1-3H3. The Morgan fingerprint density at radius 2 is 2.21 bits per heavy atom. The van der Waals surface area contributed by atoms with Crippen LogP contribution < -0.4 is 4.74 Å². The van der Waals surface area contributed by atoms with Crippen LogP contribution in [0, 0.1) is 16.0 Å². The summed E-state index contributed by atoms with van der Waals surface area (Å²) in [7, 11) is 1.43. The largest absolute Gasteiger partial charge is 0.503 e. The summed E-state index contributed by atoms with van der Waals surface area (Å²) in [5.41, 5.74) is 0.739. The van der Waals surface area contributed by atoms with Gasteiger partial charge in [0.25, 0.3) is 0 Å². The molecule has 0 fully saturated rings. The molecule has 0 saturated heterocycles. The molecule has 5 nitrogen and oxygen atoms in total. The molecule has 1 aromatic rings. The van der Waals surface area contributed by atoms with Crippen molar-refractivity contribution in [2.45, 2.75) is 20.3 Å². The van der Waals surface area contributed by atoms with E-state index in [2.05, 4.69) is 15.9 Å². The van der Waals surface area contributed by atoms with Gasteiger partial charge in [-0.15, -0.1) is 0 Å². The fraction of sp³-hybridized carbons (Fsp3) is 0.385. The third-order valence-corrected chi connectivity index (χ3v) is 3.06. The maximum atomic E-state index is 11.0. The van der Waals surface area contributed by atoms with E-state index in [1.807, 2.05) is 13.8 Å². The molecule has 0 spiro atoms. The predicted octanol–water partition coefficient (Wildman–Crippen LogP) is 3.83. The van der Waals surface area contributed by atoms with Crippen LogP contribution in [0.3, 0.4) is 0 Å². The number of methoxy groups -OCH3 is 1. The lowest BCUT2D eigenvalue weighted by Crippen LogP contribution is -2.02. The molecule has 0 bridgehead atoms. The molecule has 0 saturated carbocycles. The van der Waals surface area contributed by atoms with E-state index >= 15 is 0 Å². The molecule has 0 aliphatic heterocycles. The minimum Gasteiger partial charge on any atom is -0.503 e. The zero-order chi connectivity index (χ0) is 14.6. The van der Waals surface area contributed by atoms with Gasteiger partial charge in [-0.2, -0.15) is 0 Å². The summed E-state index contributed by atoms with van der Waals surface area (Å²) in [6.45, 7) is 3.84. The van der Waals surface area contributed by atoms with Gasteiger partial charge >= 0.3 is 0 Å². The van der Waals surface area contributed by atoms with E-state index in [0.29, 0.717) is 16.5 Å². The number of phenols is 1. The Kier molecular flexibility index (Phi) is 5.35. The van der Waals surface area contributed by atoms with Gasteiger partial charge in [-0.05, 0) is 39.5 Å². The van der Waals surface area contributed by atoms with Gasteiger partial charge in [0.1, 0.15) is 0 Å². The molecular weight excluding hydrogens is 314 g/mol. The molecule has 0 aliphatic carbocycles. The fourth-order valence-corrected chi connectivity index (χ4v) is 2.09. The number of hydrogen-bond donors (Lipinski definition) is 1. The van der Waals surface area contributed by atoms with E-state index in [9.17, 15) is 15.2 Å². The average molecular weight is 330 g/mol. The van der Waals surface area contributed by atoms with Gasteiger partial charge < -0.3 is 9.84 Å². The van der Waals surface area contributed by atoms with Crippen molar-refractivity contribution in [1.29, 1.82) is 0 Å². The zero-order valence-corrected chi connectivity index (χ0v) is 12.6. The summed E-state index contributed by atoms with van der Waals surface area (Å²) >= 11 is 3.19. The Morgan fingerprint density at radius 3 is 2.68 bits per heavy atom. The molecule has 1 aromatic carbocycles. The maximum absolute atomic E-state index is 11.0. The van der Waals surface area contributed by atoms with Crippen molar-refractivity contribution in [3.63, 3.8) is 0 Å². The smallest absolute Gasteiger partial charge is 0.247 e. The van der Waals surface area contributed by atoms with Crippen LogP contribution in [-0.4, -0.2) is 17.1 Å². The molecule has 0 unspecified atom stereocenters. The average Bonchev–Trinajstić information content (AvgIpc) is 2.31. The summed E-state index contributed by atoms with van der Waals surface area (Å²) in [6.07, 6.45) is 1.88. The van der Waals surface area contributed by atoms with Gasteiger partial charge in [0.05, 0.1) is 16.5 Å². The van der Waals surface area contributed by atoms with Crippen LogP contribution in [0.15, 0.2) is 22.3 Å². The van der Waals surface area contributed by atoms with Crippen molar-refractivity contribution < 1.29 is 14.8 Å². The second kappa shape index (κ2) is 6.56. The van der Waals surface area contributed by atoms with E-state index in [4.69, 9.17) is 4.74 Å². The Hall–Kier alpha value is -1.56. The Bertz CT molecular complexity index is 512. The first-order valence-corrected chi connectivity index (χ1v) is 6.56. The number of allylic oxidation sites excluding steroid dienone is 1. The highest BCUT2D eigenvalue weighted by Crippen LogP contribution is 2.36. The predicted molar refractivity (Wildman–Crippen MR) is 76.8 cm³/mol. The Balaban J connectivity index is 3.21. The quantitative estimate of drug-likeness (QED) is 0.658. The van der Waals surface area contributed by atoms with Crippen molar-refractivity contribution in [3.8, 4) is 11.5 Å². The van der Waals surface area contributed by atoms with Crippen molar-refractivity contribution in [2.24, 2.45) is 5.92 Å². The molecule has 0 atom stereocenters. The van der Waals surface area contributed by atoms with Gasteiger partial charge in [0.2, 0.25) is 5.70 Å². The Labute approximate surface area is 120 Å². The van der Waals surface area contributed by atoms with Crippen LogP contribution in [0.25, 0.3) is 6.08 Å². The minimum absolute atomic E-state index is 0.0221. The third kappa shape index (κ3) is 4.24. The second-order valence-electron chi connectivity index (χ2n) is 4.54. The number of nitrogens with zero attached hydrogens (tertiary/aromatic N) is 1. The molecule has 0 amide bonds. The summed E-state index contributed by atoms with van der Waals surface area (Å²) in [6, 6.07) is 3.17. The lowest BCUT2D eigenvalue weighted by Gasteiger charge is -2.07. The number of nitro groups is 1. The number of rotatable bonds is 5. The molecule has 0 radical (unpaired) electrons. The molecule has 104 valence electrons. The van der Waals surface area contributed by atoms with Crippen LogP contribution in [0.1, 0.15) is 25.8 Å². The third-order valence-electron chi connectivity index (χ3n) is 2.46. The van der Waals surface area contributed by atoms with Crippen LogP contribution >= 0.6 is 15.9 Å². The second-order valence-corrected chi connectivity index (χ2v) is 5.40. The van der Waals surface area contributed by atoms with Crippen LogP contribution in [0.4, 0.5) is 0 Å². The van der Waals surface area contributed by atoms with Gasteiger partial charge in [0.15, 0.2) is 11.5 Å². The SMILES string of the molecule is COc1cc(C=C(CC(C)C)[N+](=O)[O-])cc(Br)c1O. The summed E-state index contributed by atoms with van der Waals surface area (Å²) < 4.78 is 5.45. The topological polar surface area (TPSA) is 72.6 Å². The van der Waals surface area contributed by atoms with E-state index in [-0.39, 0.29) is 28.0 Å². The van der Waals surface area contributed by atoms with E-state index in [1.54, 1.807) is 12.1 Å². The zero-order valence-electron chi connectivity index (χ0n) is 11.0.